The Morgan fingerprint density at radius 1 is 1.42 bits per heavy atom. The Kier molecular flexibility index (Phi) is 4.01. The van der Waals surface area contributed by atoms with Gasteiger partial charge in [-0.2, -0.15) is 0 Å². The summed E-state index contributed by atoms with van der Waals surface area (Å²) in [5, 5.41) is 2.59. The van der Waals surface area contributed by atoms with Crippen molar-refractivity contribution in [2.45, 2.75) is 0 Å². The SMILES string of the molecule is Nc1cnc(NC(=O)c2ccc(F)cc2Cl)c(Br)c1. The molecule has 0 spiro atoms. The maximum atomic E-state index is 12.9. The Bertz CT molecular complexity index is 651. The van der Waals surface area contributed by atoms with Crippen molar-refractivity contribution in [1.29, 1.82) is 0 Å². The second-order valence-corrected chi connectivity index (χ2v) is 4.94. The van der Waals surface area contributed by atoms with Gasteiger partial charge in [-0.15, -0.1) is 0 Å². The van der Waals surface area contributed by atoms with Gasteiger partial charge in [-0.3, -0.25) is 4.79 Å². The zero-order chi connectivity index (χ0) is 14.0. The number of pyridine rings is 1. The molecule has 0 radical (unpaired) electrons. The van der Waals surface area contributed by atoms with Crippen LogP contribution in [-0.2, 0) is 0 Å². The Morgan fingerprint density at radius 2 is 2.16 bits per heavy atom. The monoisotopic (exact) mass is 343 g/mol. The van der Waals surface area contributed by atoms with Crippen molar-refractivity contribution in [3.05, 3.63) is 51.3 Å². The summed E-state index contributed by atoms with van der Waals surface area (Å²) in [5.74, 6) is -0.684. The predicted molar refractivity (Wildman–Crippen MR) is 75.7 cm³/mol. The molecule has 98 valence electrons. The van der Waals surface area contributed by atoms with Crippen LogP contribution in [0.5, 0.6) is 0 Å². The van der Waals surface area contributed by atoms with E-state index >= 15 is 0 Å². The number of nitrogens with two attached hydrogens (primary N) is 1. The molecule has 0 aliphatic heterocycles. The lowest BCUT2D eigenvalue weighted by Crippen LogP contribution is -2.14. The molecule has 0 saturated heterocycles. The molecule has 0 saturated carbocycles. The summed E-state index contributed by atoms with van der Waals surface area (Å²) >= 11 is 9.03. The smallest absolute Gasteiger partial charge is 0.258 e. The number of aromatic nitrogens is 1. The molecular formula is C12H8BrClFN3O. The molecule has 1 amide bonds. The fraction of sp³-hybridized carbons (Fsp3) is 0. The van der Waals surface area contributed by atoms with E-state index in [4.69, 9.17) is 17.3 Å². The van der Waals surface area contributed by atoms with Crippen molar-refractivity contribution < 1.29 is 9.18 Å². The van der Waals surface area contributed by atoms with Crippen LogP contribution in [0.3, 0.4) is 0 Å². The molecule has 0 aliphatic carbocycles. The number of halogens is 3. The number of anilines is 2. The molecule has 19 heavy (non-hydrogen) atoms. The number of carbonyl (C=O) groups is 1. The number of nitrogens with one attached hydrogen (secondary N) is 1. The molecule has 0 unspecified atom stereocenters. The van der Waals surface area contributed by atoms with Gasteiger partial charge in [0.2, 0.25) is 0 Å². The molecule has 1 aromatic carbocycles. The predicted octanol–water partition coefficient (Wildman–Crippen LogP) is 3.47. The Hall–Kier alpha value is -1.66. The van der Waals surface area contributed by atoms with Crippen LogP contribution < -0.4 is 11.1 Å². The first kappa shape index (κ1) is 13.8. The fourth-order valence-corrected chi connectivity index (χ4v) is 2.11. The molecule has 4 nitrogen and oxygen atoms in total. The highest BCUT2D eigenvalue weighted by Gasteiger charge is 2.13. The van der Waals surface area contributed by atoms with Crippen molar-refractivity contribution in [2.75, 3.05) is 11.1 Å². The van der Waals surface area contributed by atoms with Gasteiger partial charge in [0.1, 0.15) is 11.6 Å². The van der Waals surface area contributed by atoms with E-state index < -0.39 is 11.7 Å². The first-order chi connectivity index (χ1) is 8.97. The summed E-state index contributed by atoms with van der Waals surface area (Å²) < 4.78 is 13.4. The lowest BCUT2D eigenvalue weighted by molar-refractivity contribution is 0.102. The fourth-order valence-electron chi connectivity index (χ4n) is 1.39. The zero-order valence-electron chi connectivity index (χ0n) is 9.45. The number of amides is 1. The van der Waals surface area contributed by atoms with Gasteiger partial charge in [-0.1, -0.05) is 11.6 Å². The van der Waals surface area contributed by atoms with E-state index in [1.54, 1.807) is 6.07 Å². The van der Waals surface area contributed by atoms with Crippen LogP contribution in [0.25, 0.3) is 0 Å². The molecule has 0 fully saturated rings. The van der Waals surface area contributed by atoms with Crippen LogP contribution >= 0.6 is 27.5 Å². The molecule has 7 heteroatoms. The van der Waals surface area contributed by atoms with E-state index in [0.717, 1.165) is 12.1 Å². The molecule has 0 bridgehead atoms. The van der Waals surface area contributed by atoms with Gasteiger partial charge < -0.3 is 11.1 Å². The highest BCUT2D eigenvalue weighted by atomic mass is 79.9. The third-order valence-electron chi connectivity index (χ3n) is 2.27. The summed E-state index contributed by atoms with van der Waals surface area (Å²) in [4.78, 5) is 15.9. The van der Waals surface area contributed by atoms with Gasteiger partial charge in [0.05, 0.1) is 26.9 Å². The third-order valence-corrected chi connectivity index (χ3v) is 3.19. The molecule has 1 heterocycles. The zero-order valence-corrected chi connectivity index (χ0v) is 11.8. The van der Waals surface area contributed by atoms with Crippen molar-refractivity contribution in [3.8, 4) is 0 Å². The van der Waals surface area contributed by atoms with Gasteiger partial charge in [-0.05, 0) is 40.2 Å². The molecule has 2 rings (SSSR count). The maximum absolute atomic E-state index is 12.9. The number of rotatable bonds is 2. The molecular weight excluding hydrogens is 337 g/mol. The normalized spacial score (nSPS) is 10.3. The minimum absolute atomic E-state index is 0.0315. The first-order valence-corrected chi connectivity index (χ1v) is 6.32. The molecule has 1 aromatic heterocycles. The van der Waals surface area contributed by atoms with Gasteiger partial charge >= 0.3 is 0 Å². The molecule has 0 atom stereocenters. The van der Waals surface area contributed by atoms with Crippen molar-refractivity contribution in [3.63, 3.8) is 0 Å². The second-order valence-electron chi connectivity index (χ2n) is 3.68. The van der Waals surface area contributed by atoms with Crippen molar-refractivity contribution >= 4 is 44.9 Å². The number of carbonyl (C=O) groups excluding carboxylic acids is 1. The standard InChI is InChI=1S/C12H8BrClFN3O/c13-9-4-7(16)5-17-11(9)18-12(19)8-2-1-6(15)3-10(8)14/h1-5H,16H2,(H,17,18,19). The third kappa shape index (κ3) is 3.21. The Balaban J connectivity index is 2.25. The number of benzene rings is 1. The van der Waals surface area contributed by atoms with E-state index in [1.807, 2.05) is 0 Å². The second kappa shape index (κ2) is 5.54. The van der Waals surface area contributed by atoms with E-state index in [0.29, 0.717) is 16.0 Å². The van der Waals surface area contributed by atoms with Crippen LogP contribution in [0.1, 0.15) is 10.4 Å². The van der Waals surface area contributed by atoms with Crippen LogP contribution in [0.4, 0.5) is 15.9 Å². The Labute approximate surface area is 121 Å². The van der Waals surface area contributed by atoms with Crippen LogP contribution in [0.2, 0.25) is 5.02 Å². The lowest BCUT2D eigenvalue weighted by atomic mass is 10.2. The number of nitrogen functional groups attached to an aromatic ring is 1. The van der Waals surface area contributed by atoms with E-state index in [-0.39, 0.29) is 10.6 Å². The quantitative estimate of drug-likeness (QED) is 0.876. The first-order valence-electron chi connectivity index (χ1n) is 5.15. The number of hydrogen-bond donors (Lipinski definition) is 2. The van der Waals surface area contributed by atoms with Gasteiger partial charge in [0.15, 0.2) is 0 Å². The van der Waals surface area contributed by atoms with E-state index in [1.165, 1.54) is 12.3 Å². The lowest BCUT2D eigenvalue weighted by Gasteiger charge is -2.08. The van der Waals surface area contributed by atoms with Crippen LogP contribution in [0.15, 0.2) is 34.9 Å². The summed E-state index contributed by atoms with van der Waals surface area (Å²) in [6, 6.07) is 5.14. The number of hydrogen-bond acceptors (Lipinski definition) is 3. The number of nitrogens with zero attached hydrogens (tertiary/aromatic N) is 1. The highest BCUT2D eigenvalue weighted by Crippen LogP contribution is 2.24. The Morgan fingerprint density at radius 3 is 2.79 bits per heavy atom. The van der Waals surface area contributed by atoms with Crippen molar-refractivity contribution in [1.82, 2.24) is 4.98 Å². The summed E-state index contributed by atoms with van der Waals surface area (Å²) in [5.41, 5.74) is 6.17. The largest absolute Gasteiger partial charge is 0.397 e. The summed E-state index contributed by atoms with van der Waals surface area (Å²) in [7, 11) is 0. The topological polar surface area (TPSA) is 68.0 Å². The maximum Gasteiger partial charge on any atom is 0.258 e. The minimum Gasteiger partial charge on any atom is -0.397 e. The van der Waals surface area contributed by atoms with E-state index in [9.17, 15) is 9.18 Å². The molecule has 3 N–H and O–H groups in total. The summed E-state index contributed by atoms with van der Waals surface area (Å²) in [6.07, 6.45) is 1.41. The molecule has 2 aromatic rings. The van der Waals surface area contributed by atoms with Gasteiger partial charge in [0.25, 0.3) is 5.91 Å². The van der Waals surface area contributed by atoms with Gasteiger partial charge in [-0.25, -0.2) is 9.37 Å². The van der Waals surface area contributed by atoms with Crippen LogP contribution in [-0.4, -0.2) is 10.9 Å². The average Bonchev–Trinajstić information content (AvgIpc) is 2.32. The molecule has 0 aliphatic rings. The van der Waals surface area contributed by atoms with Gasteiger partial charge in [0, 0.05) is 0 Å². The minimum atomic E-state index is -0.506. The van der Waals surface area contributed by atoms with Crippen molar-refractivity contribution in [2.24, 2.45) is 0 Å². The van der Waals surface area contributed by atoms with Crippen LogP contribution in [0, 0.1) is 5.82 Å². The summed E-state index contributed by atoms with van der Waals surface area (Å²) in [6.45, 7) is 0. The average molecular weight is 345 g/mol. The highest BCUT2D eigenvalue weighted by molar-refractivity contribution is 9.10. The van der Waals surface area contributed by atoms with E-state index in [2.05, 4.69) is 26.2 Å².